The Kier molecular flexibility index (Phi) is 6.36. The van der Waals surface area contributed by atoms with E-state index in [1.807, 2.05) is 45.0 Å². The molecule has 2 rings (SSSR count). The molecule has 0 saturated carbocycles. The third-order valence-corrected chi connectivity index (χ3v) is 4.67. The summed E-state index contributed by atoms with van der Waals surface area (Å²) in [7, 11) is 0. The van der Waals surface area contributed by atoms with Crippen molar-refractivity contribution in [2.24, 2.45) is 0 Å². The van der Waals surface area contributed by atoms with Crippen molar-refractivity contribution < 1.29 is 9.53 Å². The highest BCUT2D eigenvalue weighted by atomic mass is 35.5. The molecule has 0 aliphatic carbocycles. The first kappa shape index (κ1) is 19.6. The number of benzene rings is 2. The predicted molar refractivity (Wildman–Crippen MR) is 105 cm³/mol. The Morgan fingerprint density at radius 3 is 2.32 bits per heavy atom. The molecule has 0 radical (unpaired) electrons. The van der Waals surface area contributed by atoms with Crippen LogP contribution in [0.4, 0.5) is 5.69 Å². The topological polar surface area (TPSA) is 38.3 Å². The van der Waals surface area contributed by atoms with E-state index in [0.717, 1.165) is 22.3 Å². The highest BCUT2D eigenvalue weighted by Crippen LogP contribution is 2.32. The fourth-order valence-electron chi connectivity index (χ4n) is 2.64. The van der Waals surface area contributed by atoms with Gasteiger partial charge in [0, 0.05) is 5.02 Å². The molecule has 0 atom stereocenters. The molecular formula is C20H23Cl2NO2. The third kappa shape index (κ3) is 4.90. The first-order chi connectivity index (χ1) is 11.7. The molecule has 1 N–H and O–H groups in total. The number of hydrogen-bond acceptors (Lipinski definition) is 2. The Bertz CT molecular complexity index is 778. The Morgan fingerprint density at radius 1 is 1.04 bits per heavy atom. The van der Waals surface area contributed by atoms with Crippen molar-refractivity contribution in [1.82, 2.24) is 0 Å². The van der Waals surface area contributed by atoms with E-state index >= 15 is 0 Å². The monoisotopic (exact) mass is 379 g/mol. The lowest BCUT2D eigenvalue weighted by atomic mass is 10.0. The second kappa shape index (κ2) is 8.11. The summed E-state index contributed by atoms with van der Waals surface area (Å²) in [4.78, 5) is 12.3. The van der Waals surface area contributed by atoms with Crippen LogP contribution in [0, 0.1) is 20.8 Å². The van der Waals surface area contributed by atoms with Crippen LogP contribution in [0.1, 0.15) is 42.0 Å². The number of amides is 1. The zero-order valence-corrected chi connectivity index (χ0v) is 16.7. The summed E-state index contributed by atoms with van der Waals surface area (Å²) in [6.45, 7) is 9.81. The maximum absolute atomic E-state index is 12.3. The van der Waals surface area contributed by atoms with Crippen molar-refractivity contribution in [2.75, 3.05) is 11.9 Å². The summed E-state index contributed by atoms with van der Waals surface area (Å²) in [5.74, 6) is 0.667. The molecular weight excluding hydrogens is 357 g/mol. The van der Waals surface area contributed by atoms with Crippen LogP contribution in [-0.2, 0) is 4.79 Å². The minimum atomic E-state index is -0.254. The number of aryl methyl sites for hydroxylation is 3. The van der Waals surface area contributed by atoms with E-state index in [-0.39, 0.29) is 18.4 Å². The number of hydrogen-bond donors (Lipinski definition) is 1. The van der Waals surface area contributed by atoms with Gasteiger partial charge in [0.1, 0.15) is 5.75 Å². The van der Waals surface area contributed by atoms with Gasteiger partial charge in [-0.3, -0.25) is 4.79 Å². The summed E-state index contributed by atoms with van der Waals surface area (Å²) in [5.41, 5.74) is 4.49. The lowest BCUT2D eigenvalue weighted by Crippen LogP contribution is -2.21. The SMILES string of the molecule is Cc1cc(C)c(NC(=O)COc2cc(C)c(Cl)cc2C(C)C)c(Cl)c1. The van der Waals surface area contributed by atoms with Crippen LogP contribution in [-0.4, -0.2) is 12.5 Å². The van der Waals surface area contributed by atoms with Crippen molar-refractivity contribution in [3.8, 4) is 5.75 Å². The lowest BCUT2D eigenvalue weighted by molar-refractivity contribution is -0.118. The van der Waals surface area contributed by atoms with Gasteiger partial charge in [-0.1, -0.05) is 43.1 Å². The molecule has 2 aromatic carbocycles. The molecule has 0 spiro atoms. The molecule has 1 amide bonds. The summed E-state index contributed by atoms with van der Waals surface area (Å²) in [6, 6.07) is 7.57. The number of halogens is 2. The van der Waals surface area contributed by atoms with E-state index in [2.05, 4.69) is 19.2 Å². The van der Waals surface area contributed by atoms with E-state index in [0.29, 0.717) is 21.5 Å². The van der Waals surface area contributed by atoms with Gasteiger partial charge in [-0.05, 0) is 67.1 Å². The molecule has 0 fully saturated rings. The second-order valence-corrected chi connectivity index (χ2v) is 7.38. The smallest absolute Gasteiger partial charge is 0.262 e. The largest absolute Gasteiger partial charge is 0.483 e. The molecule has 0 bridgehead atoms. The molecule has 0 aliphatic rings. The summed E-state index contributed by atoms with van der Waals surface area (Å²) in [6.07, 6.45) is 0. The third-order valence-electron chi connectivity index (χ3n) is 3.97. The number of rotatable bonds is 5. The molecule has 25 heavy (non-hydrogen) atoms. The van der Waals surface area contributed by atoms with Crippen LogP contribution in [0.3, 0.4) is 0 Å². The van der Waals surface area contributed by atoms with Crippen LogP contribution in [0.2, 0.25) is 10.0 Å². The highest BCUT2D eigenvalue weighted by Gasteiger charge is 2.14. The Labute approximate surface area is 159 Å². The van der Waals surface area contributed by atoms with Crippen molar-refractivity contribution in [3.05, 3.63) is 56.6 Å². The zero-order chi connectivity index (χ0) is 18.7. The van der Waals surface area contributed by atoms with E-state index in [4.69, 9.17) is 27.9 Å². The second-order valence-electron chi connectivity index (χ2n) is 6.57. The normalized spacial score (nSPS) is 10.9. The summed E-state index contributed by atoms with van der Waals surface area (Å²) < 4.78 is 5.76. The molecule has 0 aliphatic heterocycles. The molecule has 0 aromatic heterocycles. The number of carbonyl (C=O) groups is 1. The highest BCUT2D eigenvalue weighted by molar-refractivity contribution is 6.34. The van der Waals surface area contributed by atoms with E-state index in [1.165, 1.54) is 0 Å². The first-order valence-corrected chi connectivity index (χ1v) is 8.94. The first-order valence-electron chi connectivity index (χ1n) is 8.18. The van der Waals surface area contributed by atoms with Crippen molar-refractivity contribution >= 4 is 34.8 Å². The average molecular weight is 380 g/mol. The number of ether oxygens (including phenoxy) is 1. The maximum Gasteiger partial charge on any atom is 0.262 e. The Morgan fingerprint density at radius 2 is 1.72 bits per heavy atom. The predicted octanol–water partition coefficient (Wildman–Crippen LogP) is 6.06. The van der Waals surface area contributed by atoms with E-state index < -0.39 is 0 Å². The van der Waals surface area contributed by atoms with Crippen LogP contribution in [0.15, 0.2) is 24.3 Å². The van der Waals surface area contributed by atoms with Gasteiger partial charge in [-0.2, -0.15) is 0 Å². The number of nitrogens with one attached hydrogen (secondary N) is 1. The fraction of sp³-hybridized carbons (Fsp3) is 0.350. The van der Waals surface area contributed by atoms with Crippen molar-refractivity contribution in [2.45, 2.75) is 40.5 Å². The van der Waals surface area contributed by atoms with Gasteiger partial charge in [0.05, 0.1) is 10.7 Å². The van der Waals surface area contributed by atoms with Crippen LogP contribution in [0.25, 0.3) is 0 Å². The maximum atomic E-state index is 12.3. The minimum Gasteiger partial charge on any atom is -0.483 e. The quantitative estimate of drug-likeness (QED) is 0.685. The zero-order valence-electron chi connectivity index (χ0n) is 15.2. The van der Waals surface area contributed by atoms with Gasteiger partial charge in [-0.15, -0.1) is 0 Å². The standard InChI is InChI=1S/C20H23Cl2NO2/c1-11(2)15-9-16(21)13(4)8-18(15)25-10-19(24)23-20-14(5)6-12(3)7-17(20)22/h6-9,11H,10H2,1-5H3,(H,23,24). The molecule has 0 unspecified atom stereocenters. The average Bonchev–Trinajstić information content (AvgIpc) is 2.51. The lowest BCUT2D eigenvalue weighted by Gasteiger charge is -2.16. The fourth-order valence-corrected chi connectivity index (χ4v) is 3.18. The van der Waals surface area contributed by atoms with Gasteiger partial charge < -0.3 is 10.1 Å². The molecule has 5 heteroatoms. The summed E-state index contributed by atoms with van der Waals surface area (Å²) >= 11 is 12.4. The van der Waals surface area contributed by atoms with Gasteiger partial charge in [0.15, 0.2) is 6.61 Å². The minimum absolute atomic E-state index is 0.0928. The molecule has 0 saturated heterocycles. The van der Waals surface area contributed by atoms with E-state index in [9.17, 15) is 4.79 Å². The number of anilines is 1. The van der Waals surface area contributed by atoms with Gasteiger partial charge in [0.2, 0.25) is 0 Å². The van der Waals surface area contributed by atoms with Gasteiger partial charge in [-0.25, -0.2) is 0 Å². The van der Waals surface area contributed by atoms with Crippen molar-refractivity contribution in [1.29, 1.82) is 0 Å². The van der Waals surface area contributed by atoms with Gasteiger partial charge in [0.25, 0.3) is 5.91 Å². The molecule has 134 valence electrons. The molecule has 0 heterocycles. The summed E-state index contributed by atoms with van der Waals surface area (Å²) in [5, 5.41) is 4.05. The Hall–Kier alpha value is -1.71. The molecule has 3 nitrogen and oxygen atoms in total. The van der Waals surface area contributed by atoms with Crippen molar-refractivity contribution in [3.63, 3.8) is 0 Å². The van der Waals surface area contributed by atoms with Crippen LogP contribution >= 0.6 is 23.2 Å². The van der Waals surface area contributed by atoms with Gasteiger partial charge >= 0.3 is 0 Å². The molecule has 2 aromatic rings. The number of carbonyl (C=O) groups excluding carboxylic acids is 1. The van der Waals surface area contributed by atoms with Crippen LogP contribution < -0.4 is 10.1 Å². The Balaban J connectivity index is 2.12. The van der Waals surface area contributed by atoms with E-state index in [1.54, 1.807) is 0 Å². The van der Waals surface area contributed by atoms with Crippen LogP contribution in [0.5, 0.6) is 5.75 Å².